The zero-order chi connectivity index (χ0) is 7.11. The zero-order valence-electron chi connectivity index (χ0n) is 5.75. The Morgan fingerprint density at radius 1 is 1.56 bits per heavy atom. The fraction of sp³-hybridized carbons (Fsp3) is 0.714. The lowest BCUT2D eigenvalue weighted by atomic mass is 10.2. The molecule has 54 valence electrons. The number of aliphatic hydroxyl groups is 2. The maximum Gasteiger partial charge on any atom is 0.0721 e. The van der Waals surface area contributed by atoms with E-state index in [2.05, 4.69) is 0 Å². The molecule has 0 heterocycles. The Bertz CT molecular complexity index is 79.0. The Morgan fingerprint density at radius 3 is 2.67 bits per heavy atom. The molecule has 0 spiro atoms. The number of aliphatic hydroxyl groups excluding tert-OH is 2. The predicted octanol–water partition coefficient (Wildman–Crippen LogP) is 0.696. The van der Waals surface area contributed by atoms with Crippen molar-refractivity contribution >= 4 is 0 Å². The Labute approximate surface area is 55.8 Å². The Balaban J connectivity index is 3.15. The molecule has 0 saturated heterocycles. The van der Waals surface area contributed by atoms with E-state index in [1.807, 2.05) is 13.0 Å². The molecule has 0 radical (unpaired) electrons. The van der Waals surface area contributed by atoms with Crippen LogP contribution in [-0.2, 0) is 0 Å². The van der Waals surface area contributed by atoms with Crippen molar-refractivity contribution in [3.8, 4) is 0 Å². The van der Waals surface area contributed by atoms with E-state index >= 15 is 0 Å². The fourth-order valence-electron chi connectivity index (χ4n) is 0.619. The van der Waals surface area contributed by atoms with Crippen LogP contribution in [0.2, 0.25) is 0 Å². The lowest BCUT2D eigenvalue weighted by Gasteiger charge is -2.01. The van der Waals surface area contributed by atoms with Gasteiger partial charge in [0.25, 0.3) is 0 Å². The smallest absolute Gasteiger partial charge is 0.0721 e. The second kappa shape index (κ2) is 5.79. The molecule has 0 amide bonds. The summed E-state index contributed by atoms with van der Waals surface area (Å²) in [6.07, 6.45) is 4.48. The summed E-state index contributed by atoms with van der Waals surface area (Å²) in [4.78, 5) is 0. The van der Waals surface area contributed by atoms with E-state index in [4.69, 9.17) is 10.2 Å². The normalized spacial score (nSPS) is 14.6. The van der Waals surface area contributed by atoms with Gasteiger partial charge in [0.2, 0.25) is 0 Å². The average Bonchev–Trinajstić information content (AvgIpc) is 1.85. The molecule has 0 aromatic rings. The first kappa shape index (κ1) is 8.66. The van der Waals surface area contributed by atoms with Gasteiger partial charge in [-0.25, -0.2) is 0 Å². The van der Waals surface area contributed by atoms with Crippen molar-refractivity contribution < 1.29 is 10.2 Å². The molecule has 0 bridgehead atoms. The van der Waals surface area contributed by atoms with Crippen molar-refractivity contribution in [1.82, 2.24) is 0 Å². The third-order valence-corrected chi connectivity index (χ3v) is 1.07. The number of hydrogen-bond donors (Lipinski definition) is 2. The maximum atomic E-state index is 8.98. The molecule has 2 heteroatoms. The summed E-state index contributed by atoms with van der Waals surface area (Å²) in [5, 5.41) is 17.3. The monoisotopic (exact) mass is 130 g/mol. The number of hydrogen-bond acceptors (Lipinski definition) is 2. The molecular weight excluding hydrogens is 116 g/mol. The van der Waals surface area contributed by atoms with E-state index in [0.717, 1.165) is 0 Å². The first-order valence-corrected chi connectivity index (χ1v) is 3.23. The van der Waals surface area contributed by atoms with E-state index in [1.165, 1.54) is 0 Å². The van der Waals surface area contributed by atoms with Gasteiger partial charge in [0.1, 0.15) is 0 Å². The molecule has 2 N–H and O–H groups in total. The molecule has 0 fully saturated rings. The van der Waals surface area contributed by atoms with Gasteiger partial charge in [0.15, 0.2) is 0 Å². The minimum atomic E-state index is -0.373. The van der Waals surface area contributed by atoms with Crippen LogP contribution in [0, 0.1) is 0 Å². The van der Waals surface area contributed by atoms with Crippen LogP contribution in [0.5, 0.6) is 0 Å². The van der Waals surface area contributed by atoms with Gasteiger partial charge in [-0.05, 0) is 19.8 Å². The van der Waals surface area contributed by atoms with Crippen molar-refractivity contribution in [2.75, 3.05) is 6.61 Å². The largest absolute Gasteiger partial charge is 0.396 e. The highest BCUT2D eigenvalue weighted by molar-refractivity contribution is 4.84. The molecule has 0 aromatic heterocycles. The molecule has 0 aliphatic carbocycles. The summed E-state index contributed by atoms with van der Waals surface area (Å²) >= 11 is 0. The molecule has 2 nitrogen and oxygen atoms in total. The summed E-state index contributed by atoms with van der Waals surface area (Å²) in [6, 6.07) is 0. The lowest BCUT2D eigenvalue weighted by molar-refractivity contribution is 0.190. The highest BCUT2D eigenvalue weighted by Crippen LogP contribution is 1.96. The van der Waals surface area contributed by atoms with Crippen LogP contribution in [0.25, 0.3) is 0 Å². The minimum Gasteiger partial charge on any atom is -0.396 e. The summed E-state index contributed by atoms with van der Waals surface area (Å²) in [5.74, 6) is 0. The highest BCUT2D eigenvalue weighted by atomic mass is 16.3. The van der Waals surface area contributed by atoms with Crippen LogP contribution in [0.1, 0.15) is 19.8 Å². The van der Waals surface area contributed by atoms with Crippen LogP contribution in [0.4, 0.5) is 0 Å². The Kier molecular flexibility index (Phi) is 5.57. The van der Waals surface area contributed by atoms with E-state index in [1.54, 1.807) is 6.08 Å². The van der Waals surface area contributed by atoms with E-state index < -0.39 is 0 Å². The Hall–Kier alpha value is -0.340. The van der Waals surface area contributed by atoms with Gasteiger partial charge in [-0.3, -0.25) is 0 Å². The minimum absolute atomic E-state index is 0.161. The summed E-state index contributed by atoms with van der Waals surface area (Å²) < 4.78 is 0. The summed E-state index contributed by atoms with van der Waals surface area (Å²) in [6.45, 7) is 2.02. The molecule has 0 saturated carbocycles. The molecule has 1 atom stereocenters. The summed E-state index contributed by atoms with van der Waals surface area (Å²) in [5.41, 5.74) is 0. The molecule has 9 heavy (non-hydrogen) atoms. The second-order valence-electron chi connectivity index (χ2n) is 1.96. The van der Waals surface area contributed by atoms with Crippen molar-refractivity contribution in [3.05, 3.63) is 12.2 Å². The molecule has 0 aliphatic rings. The van der Waals surface area contributed by atoms with Gasteiger partial charge >= 0.3 is 0 Å². The maximum absolute atomic E-state index is 8.98. The molecule has 0 aliphatic heterocycles. The van der Waals surface area contributed by atoms with Gasteiger partial charge in [0.05, 0.1) is 6.10 Å². The van der Waals surface area contributed by atoms with E-state index in [-0.39, 0.29) is 12.7 Å². The SMILES string of the molecule is CC=CC(O)CCCO. The van der Waals surface area contributed by atoms with Crippen LogP contribution in [0.15, 0.2) is 12.2 Å². The fourth-order valence-corrected chi connectivity index (χ4v) is 0.619. The van der Waals surface area contributed by atoms with Crippen LogP contribution in [-0.4, -0.2) is 22.9 Å². The standard InChI is InChI=1S/C7H14O2/c1-2-4-7(9)5-3-6-8/h2,4,7-9H,3,5-6H2,1H3. The van der Waals surface area contributed by atoms with Gasteiger partial charge in [0, 0.05) is 6.61 Å². The van der Waals surface area contributed by atoms with Gasteiger partial charge in [-0.15, -0.1) is 0 Å². The van der Waals surface area contributed by atoms with Crippen LogP contribution < -0.4 is 0 Å². The zero-order valence-corrected chi connectivity index (χ0v) is 5.75. The lowest BCUT2D eigenvalue weighted by Crippen LogP contribution is -2.02. The summed E-state index contributed by atoms with van der Waals surface area (Å²) in [7, 11) is 0. The molecule has 0 aromatic carbocycles. The first-order valence-electron chi connectivity index (χ1n) is 3.23. The quantitative estimate of drug-likeness (QED) is 0.550. The van der Waals surface area contributed by atoms with Crippen LogP contribution >= 0.6 is 0 Å². The Morgan fingerprint density at radius 2 is 2.22 bits per heavy atom. The van der Waals surface area contributed by atoms with Crippen molar-refractivity contribution in [3.63, 3.8) is 0 Å². The number of allylic oxidation sites excluding steroid dienone is 1. The van der Waals surface area contributed by atoms with E-state index in [9.17, 15) is 0 Å². The third-order valence-electron chi connectivity index (χ3n) is 1.07. The van der Waals surface area contributed by atoms with Crippen LogP contribution in [0.3, 0.4) is 0 Å². The van der Waals surface area contributed by atoms with Crippen molar-refractivity contribution in [2.45, 2.75) is 25.9 Å². The molecular formula is C7H14O2. The first-order chi connectivity index (χ1) is 4.31. The predicted molar refractivity (Wildman–Crippen MR) is 37.1 cm³/mol. The van der Waals surface area contributed by atoms with Gasteiger partial charge in [-0.1, -0.05) is 12.2 Å². The third kappa shape index (κ3) is 5.53. The molecule has 0 rings (SSSR count). The highest BCUT2D eigenvalue weighted by Gasteiger charge is 1.95. The van der Waals surface area contributed by atoms with E-state index in [0.29, 0.717) is 12.8 Å². The second-order valence-corrected chi connectivity index (χ2v) is 1.96. The van der Waals surface area contributed by atoms with Crippen molar-refractivity contribution in [2.24, 2.45) is 0 Å². The van der Waals surface area contributed by atoms with Gasteiger partial charge < -0.3 is 10.2 Å². The van der Waals surface area contributed by atoms with Crippen molar-refractivity contribution in [1.29, 1.82) is 0 Å². The molecule has 1 unspecified atom stereocenters. The average molecular weight is 130 g/mol. The topological polar surface area (TPSA) is 40.5 Å². The number of rotatable bonds is 4. The van der Waals surface area contributed by atoms with Gasteiger partial charge in [-0.2, -0.15) is 0 Å².